The second kappa shape index (κ2) is 9.39. The molecule has 1 aliphatic rings. The molecular weight excluding hydrogens is 386 g/mol. The summed E-state index contributed by atoms with van der Waals surface area (Å²) in [5, 5.41) is 3.63. The average Bonchev–Trinajstić information content (AvgIpc) is 3.52. The van der Waals surface area contributed by atoms with E-state index in [1.807, 2.05) is 38.3 Å². The summed E-state index contributed by atoms with van der Waals surface area (Å²) < 4.78 is 5.15. The fraction of sp³-hybridized carbons (Fsp3) is 0.455. The van der Waals surface area contributed by atoms with E-state index in [4.69, 9.17) is 4.74 Å². The predicted molar refractivity (Wildman–Crippen MR) is 113 cm³/mol. The number of carbonyl (C=O) groups is 2. The molecule has 1 aromatic carbocycles. The van der Waals surface area contributed by atoms with Gasteiger partial charge in [0.2, 0.25) is 0 Å². The Labute approximate surface area is 175 Å². The number of nitrogens with zero attached hydrogens (tertiary/aromatic N) is 2. The van der Waals surface area contributed by atoms with Gasteiger partial charge >= 0.3 is 5.97 Å². The van der Waals surface area contributed by atoms with Crippen LogP contribution < -0.4 is 5.32 Å². The van der Waals surface area contributed by atoms with Crippen molar-refractivity contribution in [3.05, 3.63) is 52.8 Å². The number of esters is 1. The van der Waals surface area contributed by atoms with Crippen LogP contribution in [0.3, 0.4) is 0 Å². The number of aryl methyl sites for hydroxylation is 2. The molecule has 0 unspecified atom stereocenters. The molecule has 2 aromatic rings. The van der Waals surface area contributed by atoms with Crippen molar-refractivity contribution in [3.8, 4) is 0 Å². The normalized spacial score (nSPS) is 14.3. The zero-order valence-corrected chi connectivity index (χ0v) is 18.0. The minimum absolute atomic E-state index is 0.0406. The standard InChI is InChI=1S/C22H27N3O3S/c1-15-18(16(2)25-21(24-15)29-3)9-10-20(27)28-13-19(26)23-14-22(11-12-22)17-7-5-4-6-8-17/h4-8H,9-14H2,1-3H3,(H,23,26). The second-order valence-electron chi connectivity index (χ2n) is 7.44. The van der Waals surface area contributed by atoms with E-state index >= 15 is 0 Å². The van der Waals surface area contributed by atoms with E-state index in [2.05, 4.69) is 27.4 Å². The van der Waals surface area contributed by atoms with Gasteiger partial charge in [0.1, 0.15) is 0 Å². The van der Waals surface area contributed by atoms with Crippen molar-refractivity contribution in [2.45, 2.75) is 50.1 Å². The molecule has 0 bridgehead atoms. The molecule has 1 N–H and O–H groups in total. The number of aromatic nitrogens is 2. The second-order valence-corrected chi connectivity index (χ2v) is 8.22. The van der Waals surface area contributed by atoms with E-state index < -0.39 is 5.97 Å². The van der Waals surface area contributed by atoms with Gasteiger partial charge in [0.15, 0.2) is 11.8 Å². The van der Waals surface area contributed by atoms with Crippen LogP contribution in [0.25, 0.3) is 0 Å². The number of rotatable bonds is 9. The lowest BCUT2D eigenvalue weighted by atomic mass is 9.96. The molecule has 1 aliphatic carbocycles. The molecule has 29 heavy (non-hydrogen) atoms. The van der Waals surface area contributed by atoms with Crippen LogP contribution in [0.15, 0.2) is 35.5 Å². The number of hydrogen-bond acceptors (Lipinski definition) is 6. The van der Waals surface area contributed by atoms with Gasteiger partial charge in [-0.05, 0) is 50.5 Å². The molecule has 0 aliphatic heterocycles. The molecule has 1 amide bonds. The Morgan fingerprint density at radius 3 is 2.38 bits per heavy atom. The minimum Gasteiger partial charge on any atom is -0.456 e. The first-order chi connectivity index (χ1) is 13.9. The van der Waals surface area contributed by atoms with E-state index in [1.165, 1.54) is 17.3 Å². The Bertz CT molecular complexity index is 859. The van der Waals surface area contributed by atoms with Crippen LogP contribution in [-0.2, 0) is 26.2 Å². The van der Waals surface area contributed by atoms with Gasteiger partial charge in [0.25, 0.3) is 5.91 Å². The average molecular weight is 414 g/mol. The molecule has 1 aromatic heterocycles. The van der Waals surface area contributed by atoms with Gasteiger partial charge in [-0.3, -0.25) is 9.59 Å². The van der Waals surface area contributed by atoms with E-state index in [-0.39, 0.29) is 24.3 Å². The molecule has 154 valence electrons. The zero-order chi connectivity index (χ0) is 20.9. The smallest absolute Gasteiger partial charge is 0.306 e. The third-order valence-electron chi connectivity index (χ3n) is 5.39. The number of amides is 1. The van der Waals surface area contributed by atoms with E-state index in [0.717, 1.165) is 34.9 Å². The molecule has 1 heterocycles. The first kappa shape index (κ1) is 21.3. The molecule has 3 rings (SSSR count). The van der Waals surface area contributed by atoms with Crippen LogP contribution in [0.5, 0.6) is 0 Å². The molecular formula is C22H27N3O3S. The number of nitrogens with one attached hydrogen (secondary N) is 1. The Balaban J connectivity index is 1.41. The third kappa shape index (κ3) is 5.56. The van der Waals surface area contributed by atoms with Crippen molar-refractivity contribution in [2.24, 2.45) is 0 Å². The van der Waals surface area contributed by atoms with Gasteiger partial charge in [0.05, 0.1) is 0 Å². The van der Waals surface area contributed by atoms with Gasteiger partial charge < -0.3 is 10.1 Å². The summed E-state index contributed by atoms with van der Waals surface area (Å²) in [6.45, 7) is 4.17. The molecule has 6 nitrogen and oxygen atoms in total. The number of benzene rings is 1. The molecule has 0 radical (unpaired) electrons. The summed E-state index contributed by atoms with van der Waals surface area (Å²) in [6.07, 6.45) is 4.76. The summed E-state index contributed by atoms with van der Waals surface area (Å²) >= 11 is 1.49. The molecule has 0 saturated heterocycles. The summed E-state index contributed by atoms with van der Waals surface area (Å²) in [5.74, 6) is -0.655. The number of hydrogen-bond donors (Lipinski definition) is 1. The lowest BCUT2D eigenvalue weighted by molar-refractivity contribution is -0.148. The topological polar surface area (TPSA) is 81.2 Å². The van der Waals surface area contributed by atoms with Crippen molar-refractivity contribution in [2.75, 3.05) is 19.4 Å². The fourth-order valence-electron chi connectivity index (χ4n) is 3.44. The van der Waals surface area contributed by atoms with Crippen LogP contribution in [0.2, 0.25) is 0 Å². The molecule has 7 heteroatoms. The first-order valence-corrected chi connectivity index (χ1v) is 11.0. The van der Waals surface area contributed by atoms with Crippen LogP contribution in [0.1, 0.15) is 41.8 Å². The van der Waals surface area contributed by atoms with E-state index in [0.29, 0.717) is 13.0 Å². The summed E-state index contributed by atoms with van der Waals surface area (Å²) in [5.41, 5.74) is 4.00. The largest absolute Gasteiger partial charge is 0.456 e. The number of thioether (sulfide) groups is 1. The van der Waals surface area contributed by atoms with Crippen LogP contribution >= 0.6 is 11.8 Å². The van der Waals surface area contributed by atoms with Gasteiger partial charge in [-0.25, -0.2) is 9.97 Å². The lowest BCUT2D eigenvalue weighted by Crippen LogP contribution is -2.35. The highest BCUT2D eigenvalue weighted by Crippen LogP contribution is 2.47. The summed E-state index contributed by atoms with van der Waals surface area (Å²) in [7, 11) is 0. The Morgan fingerprint density at radius 2 is 1.79 bits per heavy atom. The van der Waals surface area contributed by atoms with Crippen LogP contribution in [0, 0.1) is 13.8 Å². The Morgan fingerprint density at radius 1 is 1.14 bits per heavy atom. The van der Waals surface area contributed by atoms with Gasteiger partial charge in [-0.1, -0.05) is 42.1 Å². The minimum atomic E-state index is -0.392. The quantitative estimate of drug-likeness (QED) is 0.386. The summed E-state index contributed by atoms with van der Waals surface area (Å²) in [4.78, 5) is 33.0. The first-order valence-electron chi connectivity index (χ1n) is 9.79. The van der Waals surface area contributed by atoms with Crippen LogP contribution in [-0.4, -0.2) is 41.3 Å². The summed E-state index contributed by atoms with van der Waals surface area (Å²) in [6, 6.07) is 10.2. The molecule has 0 atom stereocenters. The van der Waals surface area contributed by atoms with Gasteiger partial charge in [-0.2, -0.15) is 0 Å². The maximum Gasteiger partial charge on any atom is 0.306 e. The maximum atomic E-state index is 12.1. The monoisotopic (exact) mass is 413 g/mol. The van der Waals surface area contributed by atoms with Crippen molar-refractivity contribution >= 4 is 23.6 Å². The third-order valence-corrected chi connectivity index (χ3v) is 5.94. The highest BCUT2D eigenvalue weighted by Gasteiger charge is 2.44. The van der Waals surface area contributed by atoms with Crippen LogP contribution in [0.4, 0.5) is 0 Å². The molecule has 1 saturated carbocycles. The maximum absolute atomic E-state index is 12.1. The Hall–Kier alpha value is -2.41. The molecule has 1 fully saturated rings. The van der Waals surface area contributed by atoms with E-state index in [1.54, 1.807) is 0 Å². The SMILES string of the molecule is CSc1nc(C)c(CCC(=O)OCC(=O)NCC2(c3ccccc3)CC2)c(C)n1. The predicted octanol–water partition coefficient (Wildman–Crippen LogP) is 3.14. The van der Waals surface area contributed by atoms with Crippen molar-refractivity contribution in [1.82, 2.24) is 15.3 Å². The highest BCUT2D eigenvalue weighted by molar-refractivity contribution is 7.98. The fourth-order valence-corrected chi connectivity index (χ4v) is 3.89. The van der Waals surface area contributed by atoms with Gasteiger partial charge in [0, 0.05) is 29.8 Å². The van der Waals surface area contributed by atoms with Crippen molar-refractivity contribution < 1.29 is 14.3 Å². The zero-order valence-electron chi connectivity index (χ0n) is 17.2. The number of carbonyl (C=O) groups excluding carboxylic acids is 2. The van der Waals surface area contributed by atoms with Gasteiger partial charge in [-0.15, -0.1) is 0 Å². The number of ether oxygens (including phenoxy) is 1. The van der Waals surface area contributed by atoms with Crippen molar-refractivity contribution in [3.63, 3.8) is 0 Å². The lowest BCUT2D eigenvalue weighted by Gasteiger charge is -2.16. The Kier molecular flexibility index (Phi) is 6.90. The van der Waals surface area contributed by atoms with Crippen molar-refractivity contribution in [1.29, 1.82) is 0 Å². The molecule has 0 spiro atoms. The van der Waals surface area contributed by atoms with E-state index in [9.17, 15) is 9.59 Å². The highest BCUT2D eigenvalue weighted by atomic mass is 32.2.